The molecule has 22 heavy (non-hydrogen) atoms. The predicted molar refractivity (Wildman–Crippen MR) is 77.5 cm³/mol. The summed E-state index contributed by atoms with van der Waals surface area (Å²) in [5.41, 5.74) is 0.338. The summed E-state index contributed by atoms with van der Waals surface area (Å²) in [5, 5.41) is 5.11. The van der Waals surface area contributed by atoms with Gasteiger partial charge in [0.25, 0.3) is 0 Å². The molecule has 0 spiro atoms. The molecule has 0 heterocycles. The number of carbonyl (C=O) groups excluding carboxylic acids is 1. The summed E-state index contributed by atoms with van der Waals surface area (Å²) in [7, 11) is -2.66. The summed E-state index contributed by atoms with van der Waals surface area (Å²) in [6.07, 6.45) is -4.63. The highest BCUT2D eigenvalue weighted by atomic mass is 35.5. The van der Waals surface area contributed by atoms with Gasteiger partial charge < -0.3 is 10.6 Å². The third kappa shape index (κ3) is 7.07. The second kappa shape index (κ2) is 8.32. The highest BCUT2D eigenvalue weighted by Gasteiger charge is 2.29. The van der Waals surface area contributed by atoms with Gasteiger partial charge in [0.1, 0.15) is 6.54 Å². The molecule has 1 aromatic rings. The van der Waals surface area contributed by atoms with Crippen LogP contribution >= 0.6 is 12.4 Å². The van der Waals surface area contributed by atoms with Gasteiger partial charge in [0.2, 0.25) is 15.9 Å². The van der Waals surface area contributed by atoms with E-state index < -0.39 is 22.7 Å². The van der Waals surface area contributed by atoms with E-state index in [1.165, 1.54) is 16.9 Å². The molecule has 11 heteroatoms. The summed E-state index contributed by atoms with van der Waals surface area (Å²) >= 11 is 0. The number of amides is 1. The molecule has 0 atom stereocenters. The van der Waals surface area contributed by atoms with E-state index in [-0.39, 0.29) is 29.8 Å². The SMILES string of the molecule is CNCC(=O)Nc1ccc(S(=O)(=O)NCC(F)(F)F)cc1.Cl. The molecule has 0 fully saturated rings. The highest BCUT2D eigenvalue weighted by molar-refractivity contribution is 7.89. The summed E-state index contributed by atoms with van der Waals surface area (Å²) < 4.78 is 60.7. The summed E-state index contributed by atoms with van der Waals surface area (Å²) in [6.45, 7) is -1.57. The van der Waals surface area contributed by atoms with Crippen molar-refractivity contribution in [2.75, 3.05) is 25.5 Å². The number of carbonyl (C=O) groups is 1. The second-order valence-electron chi connectivity index (χ2n) is 4.04. The molecule has 1 amide bonds. The van der Waals surface area contributed by atoms with Crippen LogP contribution in [0.2, 0.25) is 0 Å². The Morgan fingerprint density at radius 3 is 2.18 bits per heavy atom. The fraction of sp³-hybridized carbons (Fsp3) is 0.364. The van der Waals surface area contributed by atoms with Crippen LogP contribution in [0.15, 0.2) is 29.2 Å². The lowest BCUT2D eigenvalue weighted by Crippen LogP contribution is -2.33. The normalized spacial score (nSPS) is 11.6. The van der Waals surface area contributed by atoms with Gasteiger partial charge in [0, 0.05) is 5.69 Å². The van der Waals surface area contributed by atoms with Crippen molar-refractivity contribution in [2.24, 2.45) is 0 Å². The summed E-state index contributed by atoms with van der Waals surface area (Å²) in [6, 6.07) is 4.78. The van der Waals surface area contributed by atoms with Crippen molar-refractivity contribution in [1.29, 1.82) is 0 Å². The number of hydrogen-bond donors (Lipinski definition) is 3. The Labute approximate surface area is 131 Å². The van der Waals surface area contributed by atoms with Gasteiger partial charge in [0.05, 0.1) is 11.4 Å². The summed E-state index contributed by atoms with van der Waals surface area (Å²) in [4.78, 5) is 11.0. The van der Waals surface area contributed by atoms with Gasteiger partial charge in [-0.05, 0) is 31.3 Å². The molecule has 1 aromatic carbocycles. The molecule has 0 radical (unpaired) electrons. The van der Waals surface area contributed by atoms with Crippen LogP contribution in [0.4, 0.5) is 18.9 Å². The molecular formula is C11H15ClF3N3O3S. The number of nitrogens with one attached hydrogen (secondary N) is 3. The average Bonchev–Trinajstić information content (AvgIpc) is 2.37. The maximum Gasteiger partial charge on any atom is 0.402 e. The standard InChI is InChI=1S/C11H14F3N3O3S.ClH/c1-15-6-10(18)17-8-2-4-9(5-3-8)21(19,20)16-7-11(12,13)14;/h2-5,15-16H,6-7H2,1H3,(H,17,18);1H. The zero-order valence-corrected chi connectivity index (χ0v) is 13.0. The van der Waals surface area contributed by atoms with Gasteiger partial charge in [-0.1, -0.05) is 0 Å². The molecule has 0 saturated heterocycles. The number of alkyl halides is 3. The van der Waals surface area contributed by atoms with Gasteiger partial charge in [-0.15, -0.1) is 12.4 Å². The Balaban J connectivity index is 0.00000441. The first kappa shape index (κ1) is 20.6. The van der Waals surface area contributed by atoms with Crippen molar-refractivity contribution in [1.82, 2.24) is 10.0 Å². The number of benzene rings is 1. The van der Waals surface area contributed by atoms with Crippen molar-refractivity contribution in [2.45, 2.75) is 11.1 Å². The van der Waals surface area contributed by atoms with Crippen LogP contribution in [-0.2, 0) is 14.8 Å². The fourth-order valence-electron chi connectivity index (χ4n) is 1.34. The molecule has 3 N–H and O–H groups in total. The number of anilines is 1. The average molecular weight is 362 g/mol. The van der Waals surface area contributed by atoms with Crippen LogP contribution in [0.3, 0.4) is 0 Å². The topological polar surface area (TPSA) is 87.3 Å². The number of sulfonamides is 1. The van der Waals surface area contributed by atoms with Gasteiger partial charge in [0.15, 0.2) is 0 Å². The molecule has 0 saturated carbocycles. The second-order valence-corrected chi connectivity index (χ2v) is 5.81. The van der Waals surface area contributed by atoms with Crippen molar-refractivity contribution in [3.05, 3.63) is 24.3 Å². The minimum Gasteiger partial charge on any atom is -0.325 e. The Morgan fingerprint density at radius 2 is 1.73 bits per heavy atom. The van der Waals surface area contributed by atoms with E-state index >= 15 is 0 Å². The van der Waals surface area contributed by atoms with Crippen LogP contribution in [0, 0.1) is 0 Å². The van der Waals surface area contributed by atoms with E-state index in [0.717, 1.165) is 12.1 Å². The zero-order valence-electron chi connectivity index (χ0n) is 11.4. The minimum absolute atomic E-state index is 0. The van der Waals surface area contributed by atoms with Crippen molar-refractivity contribution < 1.29 is 26.4 Å². The fourth-order valence-corrected chi connectivity index (χ4v) is 2.36. The first-order valence-electron chi connectivity index (χ1n) is 5.75. The Hall–Kier alpha value is -1.36. The molecule has 0 aromatic heterocycles. The predicted octanol–water partition coefficient (Wildman–Crippen LogP) is 1.11. The largest absolute Gasteiger partial charge is 0.402 e. The molecule has 0 aliphatic carbocycles. The third-order valence-electron chi connectivity index (χ3n) is 2.25. The third-order valence-corrected chi connectivity index (χ3v) is 3.67. The number of hydrogen-bond acceptors (Lipinski definition) is 4. The van der Waals surface area contributed by atoms with Gasteiger partial charge in [-0.2, -0.15) is 13.2 Å². The molecule has 6 nitrogen and oxygen atoms in total. The van der Waals surface area contributed by atoms with E-state index in [0.29, 0.717) is 5.69 Å². The molecule has 126 valence electrons. The lowest BCUT2D eigenvalue weighted by Gasteiger charge is -2.10. The van der Waals surface area contributed by atoms with E-state index in [1.54, 1.807) is 7.05 Å². The van der Waals surface area contributed by atoms with Crippen molar-refractivity contribution >= 4 is 34.0 Å². The first-order chi connectivity index (χ1) is 9.64. The van der Waals surface area contributed by atoms with E-state index in [1.807, 2.05) is 0 Å². The molecule has 0 aliphatic heterocycles. The molecule has 0 bridgehead atoms. The maximum atomic E-state index is 12.0. The van der Waals surface area contributed by atoms with Crippen LogP contribution in [-0.4, -0.2) is 40.6 Å². The lowest BCUT2D eigenvalue weighted by atomic mass is 10.3. The first-order valence-corrected chi connectivity index (χ1v) is 7.23. The molecule has 0 aliphatic rings. The number of rotatable bonds is 6. The molecule has 0 unspecified atom stereocenters. The van der Waals surface area contributed by atoms with Crippen molar-refractivity contribution in [3.8, 4) is 0 Å². The van der Waals surface area contributed by atoms with Crippen LogP contribution in [0.5, 0.6) is 0 Å². The van der Waals surface area contributed by atoms with Crippen molar-refractivity contribution in [3.63, 3.8) is 0 Å². The molecular weight excluding hydrogens is 347 g/mol. The van der Waals surface area contributed by atoms with Crippen LogP contribution in [0.25, 0.3) is 0 Å². The van der Waals surface area contributed by atoms with Gasteiger partial charge in [-0.25, -0.2) is 13.1 Å². The van der Waals surface area contributed by atoms with E-state index in [2.05, 4.69) is 10.6 Å². The Morgan fingerprint density at radius 1 is 1.18 bits per heavy atom. The highest BCUT2D eigenvalue weighted by Crippen LogP contribution is 2.17. The number of likely N-dealkylation sites (N-methyl/N-ethyl adjacent to an activating group) is 1. The smallest absolute Gasteiger partial charge is 0.325 e. The minimum atomic E-state index is -4.63. The molecule has 1 rings (SSSR count). The Kier molecular flexibility index (Phi) is 7.81. The number of halogens is 4. The van der Waals surface area contributed by atoms with Gasteiger partial charge >= 0.3 is 6.18 Å². The van der Waals surface area contributed by atoms with Crippen LogP contribution in [0.1, 0.15) is 0 Å². The quantitative estimate of drug-likeness (QED) is 0.708. The monoisotopic (exact) mass is 361 g/mol. The van der Waals surface area contributed by atoms with E-state index in [9.17, 15) is 26.4 Å². The van der Waals surface area contributed by atoms with Gasteiger partial charge in [-0.3, -0.25) is 4.79 Å². The Bertz CT molecular complexity index is 591. The maximum absolute atomic E-state index is 12.0. The zero-order chi connectivity index (χ0) is 16.1. The lowest BCUT2D eigenvalue weighted by molar-refractivity contribution is -0.121. The van der Waals surface area contributed by atoms with E-state index in [4.69, 9.17) is 0 Å². The summed E-state index contributed by atoms with van der Waals surface area (Å²) in [5.74, 6) is -0.330. The van der Waals surface area contributed by atoms with Crippen LogP contribution < -0.4 is 15.4 Å².